The Hall–Kier alpha value is -7.73. The molecule has 740 valence electrons. The Morgan fingerprint density at radius 2 is 1.31 bits per heavy atom. The molecule has 0 radical (unpaired) electrons. The molecule has 0 spiro atoms. The molecule has 3 heterocycles. The Kier molecular flexibility index (Phi) is 40.4. The lowest BCUT2D eigenvalue weighted by molar-refractivity contribution is -0.869. The highest BCUT2D eigenvalue weighted by atomic mass is 19.1. The molecule has 10 aliphatic rings. The van der Waals surface area contributed by atoms with Gasteiger partial charge in [-0.15, -0.1) is 5.53 Å². The number of carbonyl (C=O) groups is 9. The number of hydrogen-bond acceptors (Lipinski definition) is 29. The number of carbonyl (C=O) groups excluding carboxylic acids is 9. The van der Waals surface area contributed by atoms with Gasteiger partial charge in [-0.25, -0.2) is 8.78 Å². The number of esters is 1. The number of fused-ring (bicyclic) bond motifs is 8. The number of Topliss-reactive ketones (excluding diaryl/α,β-unsaturated/α-hetero) is 2. The van der Waals surface area contributed by atoms with E-state index in [1.54, 1.807) is 52.0 Å². The van der Waals surface area contributed by atoms with Gasteiger partial charge < -0.3 is 114 Å². The summed E-state index contributed by atoms with van der Waals surface area (Å²) in [5.41, 5.74) is 13.8. The summed E-state index contributed by atoms with van der Waals surface area (Å²) in [7, 11) is 6.23. The summed E-state index contributed by atoms with van der Waals surface area (Å²) in [4.78, 5) is 122. The summed E-state index contributed by atoms with van der Waals surface area (Å²) in [6, 6.07) is 4.10. The topological polar surface area (TPSA) is 417 Å². The molecule has 37 heteroatoms. The van der Waals surface area contributed by atoms with Gasteiger partial charge in [0.1, 0.15) is 37.3 Å². The van der Waals surface area contributed by atoms with Crippen LogP contribution in [0.5, 0.6) is 5.75 Å². The number of hydrogen-bond donors (Lipinski definition) is 11. The van der Waals surface area contributed by atoms with Gasteiger partial charge in [0.15, 0.2) is 29.1 Å². The first-order valence-electron chi connectivity index (χ1n) is 48.2. The van der Waals surface area contributed by atoms with Crippen molar-refractivity contribution in [3.8, 4) is 5.75 Å². The second-order valence-corrected chi connectivity index (χ2v) is 38.4. The third-order valence-corrected chi connectivity index (χ3v) is 27.7. The van der Waals surface area contributed by atoms with Crippen LogP contribution in [0.4, 0.5) is 14.5 Å². The minimum Gasteiger partial charge on any atom is -0.486 e. The van der Waals surface area contributed by atoms with Crippen molar-refractivity contribution in [1.29, 1.82) is 0 Å². The van der Waals surface area contributed by atoms with Crippen LogP contribution in [0.2, 0.25) is 0 Å². The number of allylic oxidation sites excluding steroid dienone is 7. The second-order valence-electron chi connectivity index (χ2n) is 38.4. The number of aliphatic hydroxyl groups is 1. The molecule has 1 aromatic carbocycles. The lowest BCUT2D eigenvalue weighted by Gasteiger charge is -2.63. The van der Waals surface area contributed by atoms with Gasteiger partial charge >= 0.3 is 5.97 Å². The number of ether oxygens (including phenoxy) is 13. The fraction of sp³-hybridized carbons (Fsp3) is 0.758. The maximum atomic E-state index is 18.1. The molecule has 5 amide bonds. The number of rotatable bonds is 59. The monoisotopic (exact) mass is 1860 g/mol. The molecule has 0 bridgehead atoms. The zero-order valence-corrected chi connectivity index (χ0v) is 79.0. The van der Waals surface area contributed by atoms with Crippen LogP contribution in [0.1, 0.15) is 183 Å². The maximum Gasteiger partial charge on any atom is 0.305 e. The van der Waals surface area contributed by atoms with Gasteiger partial charge in [0.05, 0.1) is 176 Å². The van der Waals surface area contributed by atoms with Gasteiger partial charge in [0.25, 0.3) is 0 Å². The third kappa shape index (κ3) is 28.5. The summed E-state index contributed by atoms with van der Waals surface area (Å²) >= 11 is 0. The van der Waals surface area contributed by atoms with E-state index in [0.29, 0.717) is 180 Å². The standard InChI is InChI=1S/C95H148F2N12O23/c1-10-17-87-131-82-57-70-71-56-73(96)72-55-65(110)30-33-92(72,5)94(71,97)80(112)58-93(70,6)95(82,132-87)81(113)60-128-66-24-22-64(23-25-66)100-90(118)63(4)54-78(111)88(62(2)3)102-91(119)76(101-84(115)32-40-122-44-48-126-51-50-124-46-42-120-38-16-21-86(117)130-59-69-67-26-28-74-75(104-106-103-74)29-27-68(67)69)18-14-15-34-98-85(116)61-129-79-20-13-11-12-19-77-89(79)105-107-108(77)36-41-123-45-49-127-53-52-125-47-43-121-39-31-83(114)99-35-37-109(7,8)9/h22-25,30,33,55,62-63,67-71,73,76,79-80,82,87-88,103-107,112H,10-21,26-29,31-32,34-54,56-61H2,1-9H3,(H4-,98,99,100,101,102,114,115,116,118,119)/p+1/t63-,67-,68+,69?,70+,71+,73+,76-,79?,80+,82-,87?,88+,92+,93+,94+,95-/m1/s1. The molecule has 4 saturated carbocycles. The molecule has 11 N–H and O–H groups in total. The van der Waals surface area contributed by atoms with Gasteiger partial charge in [0, 0.05) is 78.6 Å². The molecular formula is C95H149F2N12O23+. The van der Waals surface area contributed by atoms with Gasteiger partial charge in [-0.05, 0) is 175 Å². The van der Waals surface area contributed by atoms with Crippen LogP contribution >= 0.6 is 0 Å². The largest absolute Gasteiger partial charge is 0.486 e. The number of benzene rings is 1. The number of alkyl halides is 2. The summed E-state index contributed by atoms with van der Waals surface area (Å²) < 4.78 is 112. The predicted octanol–water partition coefficient (Wildman–Crippen LogP) is 6.49. The minimum absolute atomic E-state index is 0.00118. The number of aliphatic hydroxyl groups excluding tert-OH is 1. The van der Waals surface area contributed by atoms with Crippen molar-refractivity contribution in [2.75, 3.05) is 178 Å². The lowest BCUT2D eigenvalue weighted by atomic mass is 9.44. The van der Waals surface area contributed by atoms with Crippen molar-refractivity contribution in [3.63, 3.8) is 0 Å². The number of amides is 5. The Balaban J connectivity index is 0.596. The van der Waals surface area contributed by atoms with Crippen molar-refractivity contribution < 1.29 is 123 Å². The van der Waals surface area contributed by atoms with Gasteiger partial charge in [-0.3, -0.25) is 48.2 Å². The molecule has 11 rings (SSSR count). The summed E-state index contributed by atoms with van der Waals surface area (Å²) in [6.45, 7) is 17.8. The molecule has 7 aliphatic carbocycles. The molecule has 132 heavy (non-hydrogen) atoms. The fourth-order valence-electron chi connectivity index (χ4n) is 20.4. The number of quaternary nitrogens is 1. The summed E-state index contributed by atoms with van der Waals surface area (Å²) in [6.07, 6.45) is 9.51. The quantitative estimate of drug-likeness (QED) is 0.0188. The van der Waals surface area contributed by atoms with Crippen LogP contribution in [0.25, 0.3) is 0 Å². The van der Waals surface area contributed by atoms with Crippen molar-refractivity contribution in [1.82, 2.24) is 53.6 Å². The fourth-order valence-corrected chi connectivity index (χ4v) is 20.4. The number of unbranched alkanes of at least 4 members (excludes halogenated alkanes) is 1. The van der Waals surface area contributed by atoms with Crippen LogP contribution in [-0.4, -0.2) is 294 Å². The van der Waals surface area contributed by atoms with E-state index in [1.807, 2.05) is 11.9 Å². The Labute approximate surface area is 775 Å². The number of nitrogens with zero attached hydrogens (tertiary/aromatic N) is 2. The van der Waals surface area contributed by atoms with Gasteiger partial charge in [-0.2, -0.15) is 5.53 Å². The van der Waals surface area contributed by atoms with E-state index >= 15 is 8.78 Å². The SMILES string of the molecule is CCCC1O[C@@H]2C[C@H]3[C@@H]4C[C@H](F)C5=CC(=O)C=C[C@]5(C)[C@@]4(F)[C@@H](O)C[C@]3(C)[C@]2(C(=O)COc2ccc(NC(=O)[C@H](C)CC(=O)[C@@H](NC(=O)[C@@H](CCCCNC(=O)COC3CCCCCC4=C3NNN4CCOCCOCCOCCOCCC(=O)NCC[N+](C)(C)C)NC(=O)CCOCCOCCOCCOCCCC(=O)OCC3[C@H]4CCC5=C(CC[C@@H]34)NNN5)C(C)C)cc2)O1. The van der Waals surface area contributed by atoms with Gasteiger partial charge in [-0.1, -0.05) is 60.0 Å². The Morgan fingerprint density at radius 3 is 1.95 bits per heavy atom. The molecule has 17 atom stereocenters. The first-order valence-corrected chi connectivity index (χ1v) is 48.2. The zero-order valence-electron chi connectivity index (χ0n) is 79.0. The van der Waals surface area contributed by atoms with E-state index in [0.717, 1.165) is 79.9 Å². The van der Waals surface area contributed by atoms with Crippen LogP contribution in [-0.2, 0) is 100.0 Å². The average Bonchev–Trinajstić information content (AvgIpc) is 1.45. The first kappa shape index (κ1) is 105. The number of ketones is 3. The van der Waals surface area contributed by atoms with E-state index < -0.39 is 124 Å². The highest BCUT2D eigenvalue weighted by Crippen LogP contribution is 2.72. The van der Waals surface area contributed by atoms with Crippen LogP contribution in [0.15, 0.2) is 70.9 Å². The number of hydrazine groups is 4. The van der Waals surface area contributed by atoms with Gasteiger partial charge in [0.2, 0.25) is 35.3 Å². The van der Waals surface area contributed by atoms with Crippen molar-refractivity contribution in [2.24, 2.45) is 52.3 Å². The smallest absolute Gasteiger partial charge is 0.305 e. The van der Waals surface area contributed by atoms with Crippen LogP contribution in [0, 0.1) is 52.3 Å². The molecule has 0 aromatic heterocycles. The lowest BCUT2D eigenvalue weighted by Crippen LogP contribution is -2.71. The average molecular weight is 1870 g/mol. The number of nitrogens with one attached hydrogen (secondary N) is 10. The van der Waals surface area contributed by atoms with Crippen molar-refractivity contribution in [2.45, 2.75) is 237 Å². The molecule has 1 aromatic rings. The number of anilines is 1. The third-order valence-electron chi connectivity index (χ3n) is 27.7. The van der Waals surface area contributed by atoms with Crippen LogP contribution < -0.4 is 58.7 Å². The molecule has 5 fully saturated rings. The summed E-state index contributed by atoms with van der Waals surface area (Å²) in [5, 5.41) is 28.5. The molecule has 3 unspecified atom stereocenters. The Bertz CT molecular complexity index is 4080. The summed E-state index contributed by atoms with van der Waals surface area (Å²) in [5.74, 6) is -4.64. The van der Waals surface area contributed by atoms with E-state index in [1.165, 1.54) is 30.5 Å². The van der Waals surface area contributed by atoms with Crippen LogP contribution in [0.3, 0.4) is 0 Å². The van der Waals surface area contributed by atoms with E-state index in [-0.39, 0.29) is 107 Å². The maximum absolute atomic E-state index is 18.1. The molecular weight excluding hydrogens is 1720 g/mol. The van der Waals surface area contributed by atoms with Crippen molar-refractivity contribution in [3.05, 3.63) is 70.9 Å². The second kappa shape index (κ2) is 50.9. The van der Waals surface area contributed by atoms with E-state index in [2.05, 4.69) is 75.1 Å². The van der Waals surface area contributed by atoms with E-state index in [9.17, 15) is 48.3 Å². The highest BCUT2D eigenvalue weighted by molar-refractivity contribution is 6.02. The molecule has 35 nitrogen and oxygen atoms in total. The first-order chi connectivity index (χ1) is 63.5. The Morgan fingerprint density at radius 1 is 0.682 bits per heavy atom. The van der Waals surface area contributed by atoms with Crippen molar-refractivity contribution >= 4 is 58.5 Å². The van der Waals surface area contributed by atoms with E-state index in [4.69, 9.17) is 61.6 Å². The predicted molar refractivity (Wildman–Crippen MR) is 481 cm³/mol. The number of halogens is 2. The molecule has 3 aliphatic heterocycles. The minimum atomic E-state index is -2.37. The highest BCUT2D eigenvalue weighted by Gasteiger charge is 2.80. The number of likely N-dealkylation sites (N-methyl/N-ethyl adjacent to an activating group) is 1. The zero-order chi connectivity index (χ0) is 94.4. The normalized spacial score (nSPS) is 27.6. The molecule has 1 saturated heterocycles.